The van der Waals surface area contributed by atoms with Crippen LogP contribution in [0.2, 0.25) is 0 Å². The first-order valence-electron chi connectivity index (χ1n) is 6.69. The molecule has 0 aliphatic carbocycles. The first-order valence-corrected chi connectivity index (χ1v) is 6.69. The van der Waals surface area contributed by atoms with E-state index in [0.29, 0.717) is 38.3 Å². The molecule has 0 bridgehead atoms. The molecule has 0 aliphatic rings. The number of anilines is 1. The van der Waals surface area contributed by atoms with Gasteiger partial charge in [-0.3, -0.25) is 4.79 Å². The first-order chi connectivity index (χ1) is 9.76. The molecule has 108 valence electrons. The van der Waals surface area contributed by atoms with Crippen molar-refractivity contribution in [2.75, 3.05) is 25.1 Å². The number of carbonyl (C=O) groups is 1. The van der Waals surface area contributed by atoms with Crippen molar-refractivity contribution in [3.63, 3.8) is 0 Å². The van der Waals surface area contributed by atoms with Gasteiger partial charge in [0.05, 0.1) is 6.61 Å². The van der Waals surface area contributed by atoms with Gasteiger partial charge in [-0.15, -0.1) is 0 Å². The highest BCUT2D eigenvalue weighted by Gasteiger charge is 2.03. The fraction of sp³-hybridized carbons (Fsp3) is 0.467. The molecule has 0 atom stereocenters. The lowest BCUT2D eigenvalue weighted by molar-refractivity contribution is -0.116. The number of aliphatic hydroxyl groups excluding tert-OH is 1. The molecule has 2 N–H and O–H groups in total. The van der Waals surface area contributed by atoms with Gasteiger partial charge >= 0.3 is 0 Å². The summed E-state index contributed by atoms with van der Waals surface area (Å²) in [6.45, 7) is 3.22. The van der Waals surface area contributed by atoms with Crippen LogP contribution in [0.15, 0.2) is 18.3 Å². The molecule has 1 aromatic heterocycles. The van der Waals surface area contributed by atoms with Crippen LogP contribution in [0, 0.1) is 11.8 Å². The number of nitrogens with zero attached hydrogens (tertiary/aromatic N) is 1. The molecule has 0 saturated heterocycles. The van der Waals surface area contributed by atoms with E-state index in [4.69, 9.17) is 9.84 Å². The van der Waals surface area contributed by atoms with Crippen molar-refractivity contribution in [3.8, 4) is 11.8 Å². The Balaban J connectivity index is 2.45. The average Bonchev–Trinajstić information content (AvgIpc) is 2.44. The average molecular weight is 276 g/mol. The monoisotopic (exact) mass is 276 g/mol. The van der Waals surface area contributed by atoms with Crippen LogP contribution >= 0.6 is 0 Å². The molecule has 0 saturated carbocycles. The van der Waals surface area contributed by atoms with Gasteiger partial charge in [0.1, 0.15) is 5.82 Å². The van der Waals surface area contributed by atoms with Crippen molar-refractivity contribution in [1.29, 1.82) is 0 Å². The van der Waals surface area contributed by atoms with Crippen LogP contribution in [-0.4, -0.2) is 35.8 Å². The Morgan fingerprint density at radius 3 is 3.15 bits per heavy atom. The highest BCUT2D eigenvalue weighted by atomic mass is 16.5. The van der Waals surface area contributed by atoms with E-state index in [-0.39, 0.29) is 12.5 Å². The molecule has 5 nitrogen and oxygen atoms in total. The molecule has 0 aromatic carbocycles. The molecule has 1 heterocycles. The summed E-state index contributed by atoms with van der Waals surface area (Å²) < 4.78 is 5.17. The predicted octanol–water partition coefficient (Wildman–Crippen LogP) is 1.57. The van der Waals surface area contributed by atoms with Crippen molar-refractivity contribution in [2.45, 2.75) is 26.2 Å². The standard InChI is InChI=1S/C15H20N2O3/c1-2-20-11-5-7-15(19)17-14-12-13(8-9-16-14)6-3-4-10-18/h8-9,12,18H,2,4-5,7,10-11H2,1H3,(H,16,17,19). The van der Waals surface area contributed by atoms with Crippen LogP contribution in [0.1, 0.15) is 31.7 Å². The van der Waals surface area contributed by atoms with Gasteiger partial charge < -0.3 is 15.2 Å². The predicted molar refractivity (Wildman–Crippen MR) is 77.2 cm³/mol. The van der Waals surface area contributed by atoms with Crippen LogP contribution in [0.4, 0.5) is 5.82 Å². The molecule has 1 rings (SSSR count). The SMILES string of the molecule is CCOCCCC(=O)Nc1cc(C#CCCO)ccn1. The fourth-order valence-electron chi connectivity index (χ4n) is 1.48. The van der Waals surface area contributed by atoms with E-state index in [1.807, 2.05) is 6.92 Å². The molecule has 1 aromatic rings. The normalized spacial score (nSPS) is 9.70. The minimum atomic E-state index is -0.0855. The van der Waals surface area contributed by atoms with Gasteiger partial charge in [-0.2, -0.15) is 0 Å². The summed E-state index contributed by atoms with van der Waals surface area (Å²) in [5.41, 5.74) is 0.762. The summed E-state index contributed by atoms with van der Waals surface area (Å²) in [6, 6.07) is 3.47. The highest BCUT2D eigenvalue weighted by molar-refractivity contribution is 5.89. The van der Waals surface area contributed by atoms with Crippen LogP contribution < -0.4 is 5.32 Å². The van der Waals surface area contributed by atoms with Gasteiger partial charge in [-0.25, -0.2) is 4.98 Å². The van der Waals surface area contributed by atoms with Crippen LogP contribution in [0.5, 0.6) is 0 Å². The van der Waals surface area contributed by atoms with E-state index in [1.165, 1.54) is 0 Å². The Hall–Kier alpha value is -1.90. The Morgan fingerprint density at radius 2 is 2.40 bits per heavy atom. The summed E-state index contributed by atoms with van der Waals surface area (Å²) in [7, 11) is 0. The molecular formula is C15H20N2O3. The van der Waals surface area contributed by atoms with Gasteiger partial charge in [0.25, 0.3) is 0 Å². The first kappa shape index (κ1) is 16.2. The van der Waals surface area contributed by atoms with Gasteiger partial charge in [-0.1, -0.05) is 11.8 Å². The zero-order valence-electron chi connectivity index (χ0n) is 11.7. The molecule has 0 spiro atoms. The van der Waals surface area contributed by atoms with Gasteiger partial charge in [0.2, 0.25) is 5.91 Å². The smallest absolute Gasteiger partial charge is 0.225 e. The summed E-state index contributed by atoms with van der Waals surface area (Å²) in [4.78, 5) is 15.7. The van der Waals surface area contributed by atoms with Crippen molar-refractivity contribution < 1.29 is 14.6 Å². The van der Waals surface area contributed by atoms with Gasteiger partial charge in [0.15, 0.2) is 0 Å². The quantitative estimate of drug-likeness (QED) is 0.586. The zero-order chi connectivity index (χ0) is 14.6. The van der Waals surface area contributed by atoms with Crippen molar-refractivity contribution >= 4 is 11.7 Å². The van der Waals surface area contributed by atoms with E-state index in [1.54, 1.807) is 18.3 Å². The number of ether oxygens (including phenoxy) is 1. The summed E-state index contributed by atoms with van der Waals surface area (Å²) >= 11 is 0. The number of rotatable bonds is 7. The second kappa shape index (κ2) is 9.96. The van der Waals surface area contributed by atoms with Gasteiger partial charge in [-0.05, 0) is 25.5 Å². The lowest BCUT2D eigenvalue weighted by atomic mass is 10.2. The Labute approximate surface area is 119 Å². The highest BCUT2D eigenvalue weighted by Crippen LogP contribution is 2.06. The minimum absolute atomic E-state index is 0.0432. The zero-order valence-corrected chi connectivity index (χ0v) is 11.7. The van der Waals surface area contributed by atoms with Crippen LogP contribution in [0.3, 0.4) is 0 Å². The van der Waals surface area contributed by atoms with Crippen LogP contribution in [0.25, 0.3) is 0 Å². The third kappa shape index (κ3) is 6.88. The number of aliphatic hydroxyl groups is 1. The maximum absolute atomic E-state index is 11.7. The summed E-state index contributed by atoms with van der Waals surface area (Å²) in [6.07, 6.45) is 3.12. The number of hydrogen-bond donors (Lipinski definition) is 2. The van der Waals surface area contributed by atoms with E-state index in [9.17, 15) is 4.79 Å². The van der Waals surface area contributed by atoms with Crippen molar-refractivity contribution in [2.24, 2.45) is 0 Å². The lowest BCUT2D eigenvalue weighted by Gasteiger charge is -2.04. The number of amides is 1. The molecule has 0 fully saturated rings. The molecular weight excluding hydrogens is 256 g/mol. The van der Waals surface area contributed by atoms with Crippen molar-refractivity contribution in [3.05, 3.63) is 23.9 Å². The Kier molecular flexibility index (Phi) is 8.04. The third-order valence-electron chi connectivity index (χ3n) is 2.39. The molecule has 20 heavy (non-hydrogen) atoms. The molecule has 5 heteroatoms. The molecule has 0 radical (unpaired) electrons. The van der Waals surface area contributed by atoms with Gasteiger partial charge in [0, 0.05) is 37.8 Å². The maximum Gasteiger partial charge on any atom is 0.225 e. The second-order valence-electron chi connectivity index (χ2n) is 4.05. The maximum atomic E-state index is 11.7. The van der Waals surface area contributed by atoms with E-state index < -0.39 is 0 Å². The third-order valence-corrected chi connectivity index (χ3v) is 2.39. The number of hydrogen-bond acceptors (Lipinski definition) is 4. The number of carbonyl (C=O) groups excluding carboxylic acids is 1. The van der Waals surface area contributed by atoms with Crippen molar-refractivity contribution in [1.82, 2.24) is 4.98 Å². The fourth-order valence-corrected chi connectivity index (χ4v) is 1.48. The topological polar surface area (TPSA) is 71.5 Å². The number of pyridine rings is 1. The lowest BCUT2D eigenvalue weighted by Crippen LogP contribution is -2.13. The number of aromatic nitrogens is 1. The summed E-state index contributed by atoms with van der Waals surface area (Å²) in [5, 5.41) is 11.4. The summed E-state index contributed by atoms with van der Waals surface area (Å²) in [5.74, 6) is 6.12. The Bertz CT molecular complexity index is 477. The largest absolute Gasteiger partial charge is 0.395 e. The Morgan fingerprint density at radius 1 is 1.55 bits per heavy atom. The van der Waals surface area contributed by atoms with E-state index in [2.05, 4.69) is 22.1 Å². The molecule has 0 unspecified atom stereocenters. The second-order valence-corrected chi connectivity index (χ2v) is 4.05. The van der Waals surface area contributed by atoms with Crippen LogP contribution in [-0.2, 0) is 9.53 Å². The molecule has 1 amide bonds. The van der Waals surface area contributed by atoms with E-state index in [0.717, 1.165) is 5.56 Å². The van der Waals surface area contributed by atoms with E-state index >= 15 is 0 Å². The number of nitrogens with one attached hydrogen (secondary N) is 1. The molecule has 0 aliphatic heterocycles. The minimum Gasteiger partial charge on any atom is -0.395 e.